The number of nitrogens with one attached hydrogen (secondary N) is 1. The van der Waals surface area contributed by atoms with Gasteiger partial charge in [0.05, 0.1) is 12.6 Å². The molecule has 0 aliphatic carbocycles. The maximum absolute atomic E-state index is 12.1. The van der Waals surface area contributed by atoms with Gasteiger partial charge in [-0.3, -0.25) is 0 Å². The second kappa shape index (κ2) is 7.08. The molecule has 2 aromatic rings. The lowest BCUT2D eigenvalue weighted by Crippen LogP contribution is -2.31. The second-order valence-electron chi connectivity index (χ2n) is 6.91. The summed E-state index contributed by atoms with van der Waals surface area (Å²) >= 11 is 0. The van der Waals surface area contributed by atoms with Crippen molar-refractivity contribution in [3.8, 4) is 11.5 Å². The number of rotatable bonds is 4. The van der Waals surface area contributed by atoms with Crippen molar-refractivity contribution in [2.24, 2.45) is 0 Å². The number of anilines is 1. The van der Waals surface area contributed by atoms with Crippen LogP contribution in [-0.4, -0.2) is 18.6 Å². The average molecular weight is 349 g/mol. The number of benzene rings is 2. The number of carbonyl (C=O) groups excluding carboxylic acids is 1. The van der Waals surface area contributed by atoms with E-state index < -0.39 is 5.97 Å². The Kier molecular flexibility index (Phi) is 4.85. The molecule has 0 atom stereocenters. The van der Waals surface area contributed by atoms with Crippen molar-refractivity contribution in [2.75, 3.05) is 12.4 Å². The highest BCUT2D eigenvalue weighted by Gasteiger charge is 2.22. The molecule has 134 valence electrons. The molecule has 2 aromatic carbocycles. The fourth-order valence-corrected chi connectivity index (χ4v) is 3.05. The molecule has 0 saturated carbocycles. The summed E-state index contributed by atoms with van der Waals surface area (Å²) in [6.45, 7) is 6.31. The summed E-state index contributed by atoms with van der Waals surface area (Å²) in [7, 11) is 1.62. The second-order valence-corrected chi connectivity index (χ2v) is 6.91. The Morgan fingerprint density at radius 3 is 2.46 bits per heavy atom. The van der Waals surface area contributed by atoms with E-state index in [1.54, 1.807) is 19.3 Å². The third-order valence-corrected chi connectivity index (χ3v) is 4.20. The summed E-state index contributed by atoms with van der Waals surface area (Å²) < 4.78 is 10.6. The number of hydrogen-bond acceptors (Lipinski definition) is 4. The molecule has 3 rings (SSSR count). The lowest BCUT2D eigenvalue weighted by Gasteiger charge is -2.31. The molecular weight excluding hydrogens is 326 g/mol. The zero-order chi connectivity index (χ0) is 18.7. The minimum atomic E-state index is -0.411. The molecule has 1 aliphatic heterocycles. The van der Waals surface area contributed by atoms with E-state index in [-0.39, 0.29) is 5.54 Å². The van der Waals surface area contributed by atoms with Gasteiger partial charge in [-0.05, 0) is 68.3 Å². The van der Waals surface area contributed by atoms with Crippen LogP contribution in [0.3, 0.4) is 0 Å². The maximum Gasteiger partial charge on any atom is 0.336 e. The summed E-state index contributed by atoms with van der Waals surface area (Å²) in [5.41, 5.74) is 4.07. The van der Waals surface area contributed by atoms with E-state index in [9.17, 15) is 4.79 Å². The SMILES string of the molecule is COc1ccc(/C=C/C(=O)Oc2ccc3c(c2)C(C)=CC(C)(C)N3)cc1. The molecule has 26 heavy (non-hydrogen) atoms. The van der Waals surface area contributed by atoms with Crippen LogP contribution >= 0.6 is 0 Å². The fraction of sp³-hybridized carbons (Fsp3) is 0.227. The molecule has 0 spiro atoms. The molecule has 4 nitrogen and oxygen atoms in total. The average Bonchev–Trinajstić information content (AvgIpc) is 2.60. The summed E-state index contributed by atoms with van der Waals surface area (Å²) in [6.07, 6.45) is 5.31. The smallest absolute Gasteiger partial charge is 0.336 e. The van der Waals surface area contributed by atoms with Gasteiger partial charge in [0.15, 0.2) is 0 Å². The van der Waals surface area contributed by atoms with Gasteiger partial charge in [0.1, 0.15) is 11.5 Å². The molecule has 1 heterocycles. The van der Waals surface area contributed by atoms with Crippen LogP contribution in [0.5, 0.6) is 11.5 Å². The molecule has 0 bridgehead atoms. The third kappa shape index (κ3) is 4.14. The molecule has 0 aromatic heterocycles. The normalized spacial score (nSPS) is 15.0. The lowest BCUT2D eigenvalue weighted by molar-refractivity contribution is -0.128. The first-order valence-corrected chi connectivity index (χ1v) is 8.52. The monoisotopic (exact) mass is 349 g/mol. The van der Waals surface area contributed by atoms with Gasteiger partial charge in [-0.1, -0.05) is 18.2 Å². The Morgan fingerprint density at radius 2 is 1.77 bits per heavy atom. The topological polar surface area (TPSA) is 47.6 Å². The highest BCUT2D eigenvalue weighted by atomic mass is 16.5. The van der Waals surface area contributed by atoms with E-state index in [2.05, 4.69) is 32.2 Å². The summed E-state index contributed by atoms with van der Waals surface area (Å²) in [6, 6.07) is 13.1. The highest BCUT2D eigenvalue weighted by molar-refractivity contribution is 5.89. The summed E-state index contributed by atoms with van der Waals surface area (Å²) in [5.74, 6) is 0.896. The summed E-state index contributed by atoms with van der Waals surface area (Å²) in [5, 5.41) is 3.46. The minimum absolute atomic E-state index is 0.0869. The molecule has 0 radical (unpaired) electrons. The number of hydrogen-bond donors (Lipinski definition) is 1. The fourth-order valence-electron chi connectivity index (χ4n) is 3.05. The van der Waals surface area contributed by atoms with Crippen LogP contribution in [0.2, 0.25) is 0 Å². The maximum atomic E-state index is 12.1. The van der Waals surface area contributed by atoms with Gasteiger partial charge in [-0.2, -0.15) is 0 Å². The highest BCUT2D eigenvalue weighted by Crippen LogP contribution is 2.35. The lowest BCUT2D eigenvalue weighted by atomic mass is 9.91. The zero-order valence-electron chi connectivity index (χ0n) is 15.5. The quantitative estimate of drug-likeness (QED) is 0.483. The summed E-state index contributed by atoms with van der Waals surface area (Å²) in [4.78, 5) is 12.1. The van der Waals surface area contributed by atoms with Gasteiger partial charge in [0.25, 0.3) is 0 Å². The predicted molar refractivity (Wildman–Crippen MR) is 105 cm³/mol. The first kappa shape index (κ1) is 17.8. The zero-order valence-corrected chi connectivity index (χ0v) is 15.5. The van der Waals surface area contributed by atoms with Crippen molar-refractivity contribution in [2.45, 2.75) is 26.3 Å². The Hall–Kier alpha value is -3.01. The Bertz CT molecular complexity index is 877. The Balaban J connectivity index is 1.70. The van der Waals surface area contributed by atoms with Crippen molar-refractivity contribution < 1.29 is 14.3 Å². The van der Waals surface area contributed by atoms with E-state index in [1.807, 2.05) is 36.4 Å². The van der Waals surface area contributed by atoms with E-state index in [0.717, 1.165) is 28.1 Å². The van der Waals surface area contributed by atoms with Crippen molar-refractivity contribution in [3.05, 3.63) is 65.7 Å². The van der Waals surface area contributed by atoms with Crippen LogP contribution in [0.25, 0.3) is 11.6 Å². The number of carbonyl (C=O) groups is 1. The predicted octanol–water partition coefficient (Wildman–Crippen LogP) is 4.92. The number of allylic oxidation sites excluding steroid dienone is 1. The minimum Gasteiger partial charge on any atom is -0.497 e. The molecule has 0 saturated heterocycles. The van der Waals surface area contributed by atoms with Crippen molar-refractivity contribution in [1.82, 2.24) is 0 Å². The standard InChI is InChI=1S/C22H23NO3/c1-15-14-22(2,3)23-20-11-10-18(13-19(15)20)26-21(24)12-7-16-5-8-17(25-4)9-6-16/h5-14,23H,1-4H3/b12-7+. The number of fused-ring (bicyclic) bond motifs is 1. The first-order chi connectivity index (χ1) is 12.4. The van der Waals surface area contributed by atoms with Gasteiger partial charge in [0, 0.05) is 17.3 Å². The number of esters is 1. The van der Waals surface area contributed by atoms with E-state index in [0.29, 0.717) is 5.75 Å². The van der Waals surface area contributed by atoms with E-state index in [1.165, 1.54) is 6.08 Å². The van der Waals surface area contributed by atoms with Crippen molar-refractivity contribution >= 4 is 23.3 Å². The van der Waals surface area contributed by atoms with Gasteiger partial charge in [-0.25, -0.2) is 4.79 Å². The van der Waals surface area contributed by atoms with Crippen LogP contribution in [0, 0.1) is 0 Å². The van der Waals surface area contributed by atoms with Crippen molar-refractivity contribution in [1.29, 1.82) is 0 Å². The van der Waals surface area contributed by atoms with E-state index >= 15 is 0 Å². The molecule has 4 heteroatoms. The molecule has 1 aliphatic rings. The van der Waals surface area contributed by atoms with Crippen LogP contribution in [0.4, 0.5) is 5.69 Å². The Morgan fingerprint density at radius 1 is 1.08 bits per heavy atom. The van der Waals surface area contributed by atoms with Crippen LogP contribution in [-0.2, 0) is 4.79 Å². The molecule has 0 amide bonds. The number of methoxy groups -OCH3 is 1. The van der Waals surface area contributed by atoms with Crippen LogP contribution in [0.1, 0.15) is 31.9 Å². The Labute approximate surface area is 154 Å². The molecule has 0 unspecified atom stereocenters. The van der Waals surface area contributed by atoms with Crippen LogP contribution in [0.15, 0.2) is 54.6 Å². The van der Waals surface area contributed by atoms with Gasteiger partial charge in [-0.15, -0.1) is 0 Å². The van der Waals surface area contributed by atoms with Gasteiger partial charge >= 0.3 is 5.97 Å². The van der Waals surface area contributed by atoms with E-state index in [4.69, 9.17) is 9.47 Å². The molecule has 1 N–H and O–H groups in total. The largest absolute Gasteiger partial charge is 0.497 e. The molecule has 0 fully saturated rings. The number of ether oxygens (including phenoxy) is 2. The molecular formula is C22H23NO3. The van der Waals surface area contributed by atoms with Gasteiger partial charge < -0.3 is 14.8 Å². The van der Waals surface area contributed by atoms with Crippen molar-refractivity contribution in [3.63, 3.8) is 0 Å². The third-order valence-electron chi connectivity index (χ3n) is 4.20. The van der Waals surface area contributed by atoms with Crippen LogP contribution < -0.4 is 14.8 Å². The van der Waals surface area contributed by atoms with Gasteiger partial charge in [0.2, 0.25) is 0 Å². The first-order valence-electron chi connectivity index (χ1n) is 8.52.